The molecule has 1 spiro atoms. The monoisotopic (exact) mass is 550 g/mol. The molecule has 6 rings (SSSR count). The molecule has 2 unspecified atom stereocenters. The first-order chi connectivity index (χ1) is 18.8. The molecule has 10 nitrogen and oxygen atoms in total. The predicted octanol–water partition coefficient (Wildman–Crippen LogP) is 1.34. The van der Waals surface area contributed by atoms with Crippen LogP contribution in [0.25, 0.3) is 10.4 Å². The van der Waals surface area contributed by atoms with Crippen LogP contribution >= 0.6 is 11.3 Å². The molecule has 1 aromatic carbocycles. The summed E-state index contributed by atoms with van der Waals surface area (Å²) in [5, 5.41) is 7.88. The van der Waals surface area contributed by atoms with Crippen LogP contribution in [0, 0.1) is 18.3 Å². The number of hydrogen-bond acceptors (Lipinski definition) is 9. The number of aromatic nitrogens is 1. The highest BCUT2D eigenvalue weighted by Crippen LogP contribution is 2.38. The molecule has 4 fully saturated rings. The Morgan fingerprint density at radius 1 is 1.26 bits per heavy atom. The van der Waals surface area contributed by atoms with Crippen molar-refractivity contribution in [1.29, 1.82) is 0 Å². The van der Waals surface area contributed by atoms with Crippen molar-refractivity contribution in [1.82, 2.24) is 30.4 Å². The normalized spacial score (nSPS) is 22.8. The van der Waals surface area contributed by atoms with Crippen molar-refractivity contribution in [3.05, 3.63) is 53.1 Å². The molecule has 2 amide bonds. The summed E-state index contributed by atoms with van der Waals surface area (Å²) in [6.45, 7) is 6.88. The Bertz CT molecular complexity index is 1240. The maximum Gasteiger partial charge on any atom is 0.247 e. The van der Waals surface area contributed by atoms with Gasteiger partial charge in [0.15, 0.2) is 0 Å². The highest BCUT2D eigenvalue weighted by molar-refractivity contribution is 7.13. The zero-order valence-corrected chi connectivity index (χ0v) is 23.3. The van der Waals surface area contributed by atoms with E-state index in [1.54, 1.807) is 22.4 Å². The Morgan fingerprint density at radius 2 is 2.00 bits per heavy atom. The van der Waals surface area contributed by atoms with E-state index in [-0.39, 0.29) is 17.7 Å². The van der Waals surface area contributed by atoms with Crippen molar-refractivity contribution in [3.8, 4) is 10.4 Å². The van der Waals surface area contributed by atoms with Gasteiger partial charge in [0.05, 0.1) is 22.3 Å². The lowest BCUT2D eigenvalue weighted by molar-refractivity contribution is -0.142. The standard InChI is InChI=1S/C28H38N8O2S/c1-18-25(39-17-33-18)21-6-4-19(5-7-21)11-32-26(37)22-3-2-10-35(22)27(38)24(20-8-9-20)36(30)12-23(29)34-15-28(16-34)13-31-14-28/h4-7,12,17,20,22,24,31H,2-3,8-11,13-16,29-30H2,1H3,(H,32,37)/b23-12+. The van der Waals surface area contributed by atoms with Crippen molar-refractivity contribution in [2.45, 2.75) is 51.2 Å². The van der Waals surface area contributed by atoms with Crippen molar-refractivity contribution < 1.29 is 9.59 Å². The lowest BCUT2D eigenvalue weighted by atomic mass is 9.74. The van der Waals surface area contributed by atoms with Crippen molar-refractivity contribution >= 4 is 23.2 Å². The van der Waals surface area contributed by atoms with Crippen LogP contribution in [0.3, 0.4) is 0 Å². The van der Waals surface area contributed by atoms with E-state index in [0.29, 0.717) is 30.7 Å². The molecule has 1 aromatic heterocycles. The number of amides is 2. The molecule has 2 aromatic rings. The van der Waals surface area contributed by atoms with Crippen LogP contribution in [0.2, 0.25) is 0 Å². The van der Waals surface area contributed by atoms with Gasteiger partial charge in [-0.05, 0) is 49.7 Å². The number of hydrogen-bond donors (Lipinski definition) is 4. The Morgan fingerprint density at radius 3 is 2.62 bits per heavy atom. The topological polar surface area (TPSA) is 133 Å². The SMILES string of the molecule is Cc1ncsc1-c1ccc(CNC(=O)C2CCCN2C(=O)C(C2CC2)N(N)/C=C(\N)N2CC3(CNC3)C2)cc1. The van der Waals surface area contributed by atoms with E-state index in [1.165, 1.54) is 5.01 Å². The van der Waals surface area contributed by atoms with Crippen LogP contribution in [0.4, 0.5) is 0 Å². The van der Waals surface area contributed by atoms with Gasteiger partial charge in [0.1, 0.15) is 17.9 Å². The molecule has 2 atom stereocenters. The Balaban J connectivity index is 1.06. The minimum Gasteiger partial charge on any atom is -0.384 e. The Kier molecular flexibility index (Phi) is 6.98. The summed E-state index contributed by atoms with van der Waals surface area (Å²) in [6, 6.07) is 7.20. The molecule has 0 radical (unpaired) electrons. The summed E-state index contributed by atoms with van der Waals surface area (Å²) < 4.78 is 0. The fraction of sp³-hybridized carbons (Fsp3) is 0.536. The third kappa shape index (κ3) is 5.22. The van der Waals surface area contributed by atoms with Crippen LogP contribution in [0.15, 0.2) is 41.8 Å². The molecule has 11 heteroatoms. The van der Waals surface area contributed by atoms with Crippen molar-refractivity contribution in [2.75, 3.05) is 32.7 Å². The van der Waals surface area contributed by atoms with Crippen LogP contribution in [0.1, 0.15) is 36.9 Å². The summed E-state index contributed by atoms with van der Waals surface area (Å²) in [5.74, 6) is 7.06. The summed E-state index contributed by atoms with van der Waals surface area (Å²) in [4.78, 5) is 36.3. The fourth-order valence-corrected chi connectivity index (χ4v) is 6.89. The van der Waals surface area contributed by atoms with E-state index in [9.17, 15) is 9.59 Å². The summed E-state index contributed by atoms with van der Waals surface area (Å²) in [7, 11) is 0. The van der Waals surface area contributed by atoms with Gasteiger partial charge in [0.25, 0.3) is 0 Å². The second-order valence-electron chi connectivity index (χ2n) is 11.6. The van der Waals surface area contributed by atoms with Crippen molar-refractivity contribution in [3.63, 3.8) is 0 Å². The Labute approximate surface area is 233 Å². The average molecular weight is 551 g/mol. The van der Waals surface area contributed by atoms with Gasteiger partial charge in [-0.2, -0.15) is 0 Å². The second-order valence-corrected chi connectivity index (χ2v) is 12.5. The van der Waals surface area contributed by atoms with Crippen LogP contribution in [-0.4, -0.2) is 76.4 Å². The molecule has 3 aliphatic heterocycles. The number of nitrogens with one attached hydrogen (secondary N) is 2. The number of carbonyl (C=O) groups excluding carboxylic acids is 2. The molecular formula is C28H38N8O2S. The van der Waals surface area contributed by atoms with Gasteiger partial charge in [-0.3, -0.25) is 9.59 Å². The van der Waals surface area contributed by atoms with Crippen molar-refractivity contribution in [2.24, 2.45) is 22.9 Å². The van der Waals surface area contributed by atoms with Gasteiger partial charge in [-0.25, -0.2) is 10.8 Å². The molecule has 3 saturated heterocycles. The quantitative estimate of drug-likeness (QED) is 0.272. The molecule has 1 saturated carbocycles. The maximum atomic E-state index is 13.8. The van der Waals surface area contributed by atoms with E-state index in [0.717, 1.165) is 67.1 Å². The number of nitrogens with zero attached hydrogens (tertiary/aromatic N) is 4. The van der Waals surface area contributed by atoms with Crippen LogP contribution in [0.5, 0.6) is 0 Å². The summed E-state index contributed by atoms with van der Waals surface area (Å²) in [5.41, 5.74) is 11.7. The van der Waals surface area contributed by atoms with Gasteiger partial charge in [0.2, 0.25) is 11.8 Å². The highest BCUT2D eigenvalue weighted by atomic mass is 32.1. The number of carbonyl (C=O) groups is 2. The Hall–Kier alpha value is -3.15. The number of thiazole rings is 1. The third-order valence-electron chi connectivity index (χ3n) is 8.61. The zero-order chi connectivity index (χ0) is 27.1. The van der Waals surface area contributed by atoms with Gasteiger partial charge >= 0.3 is 0 Å². The first-order valence-electron chi connectivity index (χ1n) is 13.9. The van der Waals surface area contributed by atoms with E-state index in [2.05, 4.69) is 32.7 Å². The minimum absolute atomic E-state index is 0.0748. The highest BCUT2D eigenvalue weighted by Gasteiger charge is 2.48. The number of rotatable bonds is 9. The zero-order valence-electron chi connectivity index (χ0n) is 22.4. The minimum atomic E-state index is -0.500. The average Bonchev–Trinajstić information content (AvgIpc) is 3.39. The summed E-state index contributed by atoms with van der Waals surface area (Å²) >= 11 is 1.62. The number of nitrogens with two attached hydrogens (primary N) is 2. The molecule has 208 valence electrons. The molecular weight excluding hydrogens is 512 g/mol. The molecule has 0 bridgehead atoms. The predicted molar refractivity (Wildman–Crippen MR) is 151 cm³/mol. The third-order valence-corrected chi connectivity index (χ3v) is 9.59. The van der Waals surface area contributed by atoms with Gasteiger partial charge < -0.3 is 31.2 Å². The van der Waals surface area contributed by atoms with E-state index in [4.69, 9.17) is 11.6 Å². The smallest absolute Gasteiger partial charge is 0.247 e. The van der Waals surface area contributed by atoms with Crippen LogP contribution < -0.4 is 22.2 Å². The van der Waals surface area contributed by atoms with Gasteiger partial charge in [-0.15, -0.1) is 11.3 Å². The first-order valence-corrected chi connectivity index (χ1v) is 14.8. The van der Waals surface area contributed by atoms with E-state index in [1.807, 2.05) is 24.6 Å². The van der Waals surface area contributed by atoms with E-state index >= 15 is 0 Å². The number of aryl methyl sites for hydroxylation is 1. The lowest BCUT2D eigenvalue weighted by Crippen LogP contribution is -2.71. The summed E-state index contributed by atoms with van der Waals surface area (Å²) in [6.07, 6.45) is 5.08. The molecule has 1 aliphatic carbocycles. The fourth-order valence-electron chi connectivity index (χ4n) is 6.08. The van der Waals surface area contributed by atoms with E-state index < -0.39 is 12.1 Å². The number of hydrazine groups is 1. The lowest BCUT2D eigenvalue weighted by Gasteiger charge is -2.57. The van der Waals surface area contributed by atoms with Crippen LogP contribution in [-0.2, 0) is 16.1 Å². The molecule has 6 N–H and O–H groups in total. The maximum absolute atomic E-state index is 13.8. The number of benzene rings is 1. The first kappa shape index (κ1) is 26.1. The van der Waals surface area contributed by atoms with Gasteiger partial charge in [-0.1, -0.05) is 24.3 Å². The molecule has 39 heavy (non-hydrogen) atoms. The molecule has 4 heterocycles. The largest absolute Gasteiger partial charge is 0.384 e. The second kappa shape index (κ2) is 10.4. The van der Waals surface area contributed by atoms with Gasteiger partial charge in [0, 0.05) is 44.7 Å². The molecule has 4 aliphatic rings. The number of likely N-dealkylation sites (tertiary alicyclic amines) is 2.